The normalized spacial score (nSPS) is 13.0. The van der Waals surface area contributed by atoms with E-state index in [1.54, 1.807) is 0 Å². The lowest BCUT2D eigenvalue weighted by Crippen LogP contribution is -2.22. The number of halogens is 9. The van der Waals surface area contributed by atoms with E-state index in [4.69, 9.17) is 0 Å². The van der Waals surface area contributed by atoms with Gasteiger partial charge in [-0.2, -0.15) is 0 Å². The van der Waals surface area contributed by atoms with E-state index in [2.05, 4.69) is 14.2 Å². The van der Waals surface area contributed by atoms with Crippen molar-refractivity contribution < 1.29 is 53.7 Å². The van der Waals surface area contributed by atoms with Crippen LogP contribution in [0.3, 0.4) is 0 Å². The maximum absolute atomic E-state index is 12.0. The molecule has 0 aromatic heterocycles. The van der Waals surface area contributed by atoms with Crippen molar-refractivity contribution >= 4 is 0 Å². The highest BCUT2D eigenvalue weighted by molar-refractivity contribution is 5.45. The van der Waals surface area contributed by atoms with E-state index < -0.39 is 36.3 Å². The summed E-state index contributed by atoms with van der Waals surface area (Å²) in [6.45, 7) is 0. The molecule has 3 nitrogen and oxygen atoms in total. The van der Waals surface area contributed by atoms with E-state index in [1.165, 1.54) is 6.07 Å². The van der Waals surface area contributed by atoms with Gasteiger partial charge < -0.3 is 14.2 Å². The Kier molecular flexibility index (Phi) is 4.39. The van der Waals surface area contributed by atoms with Crippen molar-refractivity contribution in [2.24, 2.45) is 0 Å². The van der Waals surface area contributed by atoms with Gasteiger partial charge in [-0.05, 0) is 6.07 Å². The molecule has 21 heavy (non-hydrogen) atoms. The highest BCUT2D eigenvalue weighted by Gasteiger charge is 2.38. The first-order chi connectivity index (χ1) is 9.25. The van der Waals surface area contributed by atoms with Crippen molar-refractivity contribution in [3.63, 3.8) is 0 Å². The van der Waals surface area contributed by atoms with Crippen LogP contribution in [0.2, 0.25) is 0 Å². The summed E-state index contributed by atoms with van der Waals surface area (Å²) < 4.78 is 117. The highest BCUT2D eigenvalue weighted by atomic mass is 19.4. The van der Waals surface area contributed by atoms with Crippen LogP contribution < -0.4 is 14.2 Å². The molecule has 0 saturated heterocycles. The van der Waals surface area contributed by atoms with Crippen molar-refractivity contribution in [2.45, 2.75) is 19.1 Å². The monoisotopic (exact) mass is 329 g/mol. The third kappa shape index (κ3) is 6.81. The number of hydrogen-bond donors (Lipinski definition) is 0. The molecule has 0 N–H and O–H groups in total. The van der Waals surface area contributed by atoms with Crippen LogP contribution in [-0.4, -0.2) is 19.1 Å². The van der Waals surface area contributed by atoms with Crippen molar-refractivity contribution in [1.82, 2.24) is 0 Å². The van der Waals surface area contributed by atoms with E-state index >= 15 is 0 Å². The summed E-state index contributed by atoms with van der Waals surface area (Å²) in [5.41, 5.74) is 0. The Hall–Kier alpha value is -2.01. The Balaban J connectivity index is 3.14. The lowest BCUT2D eigenvalue weighted by Gasteiger charge is -2.16. The summed E-state index contributed by atoms with van der Waals surface area (Å²) in [6, 6.07) is 1.50. The van der Waals surface area contributed by atoms with Crippen LogP contribution in [0, 0.1) is 6.07 Å². The van der Waals surface area contributed by atoms with Gasteiger partial charge >= 0.3 is 19.1 Å². The van der Waals surface area contributed by atoms with Gasteiger partial charge in [-0.25, -0.2) is 0 Å². The molecule has 0 unspecified atom stereocenters. The Bertz CT molecular complexity index is 489. The van der Waals surface area contributed by atoms with Gasteiger partial charge in [0.25, 0.3) is 0 Å². The maximum atomic E-state index is 12.0. The number of ether oxygens (including phenoxy) is 3. The first-order valence-corrected chi connectivity index (χ1v) is 4.58. The van der Waals surface area contributed by atoms with Crippen molar-refractivity contribution in [2.75, 3.05) is 0 Å². The molecule has 0 fully saturated rings. The van der Waals surface area contributed by atoms with E-state index in [-0.39, 0.29) is 12.1 Å². The number of benzene rings is 1. The summed E-state index contributed by atoms with van der Waals surface area (Å²) in [5, 5.41) is 0. The van der Waals surface area contributed by atoms with Crippen LogP contribution in [0.1, 0.15) is 0 Å². The molecule has 0 aliphatic rings. The smallest absolute Gasteiger partial charge is 0.405 e. The molecule has 0 amide bonds. The fraction of sp³-hybridized carbons (Fsp3) is 0.333. The summed E-state index contributed by atoms with van der Waals surface area (Å²) >= 11 is 0. The molecule has 12 heteroatoms. The number of rotatable bonds is 3. The molecular formula is C9H2F9O3. The largest absolute Gasteiger partial charge is 0.573 e. The Morgan fingerprint density at radius 3 is 1.52 bits per heavy atom. The zero-order chi connectivity index (χ0) is 16.5. The van der Waals surface area contributed by atoms with Crippen LogP contribution in [-0.2, 0) is 0 Å². The van der Waals surface area contributed by atoms with Crippen LogP contribution in [0.5, 0.6) is 17.2 Å². The fourth-order valence-corrected chi connectivity index (χ4v) is 1.03. The first kappa shape index (κ1) is 17.0. The molecule has 0 aliphatic carbocycles. The first-order valence-electron chi connectivity index (χ1n) is 4.58. The zero-order valence-corrected chi connectivity index (χ0v) is 9.28. The molecule has 0 heterocycles. The Morgan fingerprint density at radius 2 is 1.10 bits per heavy atom. The third-order valence-corrected chi connectivity index (χ3v) is 1.53. The molecule has 1 aromatic rings. The predicted octanol–water partition coefficient (Wildman–Crippen LogP) is 4.18. The maximum Gasteiger partial charge on any atom is 0.573 e. The van der Waals surface area contributed by atoms with Gasteiger partial charge in [0.1, 0.15) is 5.75 Å². The second kappa shape index (κ2) is 5.41. The SMILES string of the molecule is FC(F)(F)Oc1[c]cc(OC(F)(F)F)c(OC(F)(F)F)c1. The lowest BCUT2D eigenvalue weighted by atomic mass is 10.3. The zero-order valence-electron chi connectivity index (χ0n) is 9.28. The summed E-state index contributed by atoms with van der Waals surface area (Å²) in [5.74, 6) is -4.54. The van der Waals surface area contributed by atoms with Crippen LogP contribution in [0.25, 0.3) is 0 Å². The van der Waals surface area contributed by atoms with Gasteiger partial charge in [-0.1, -0.05) is 0 Å². The Labute approximate surface area is 109 Å². The van der Waals surface area contributed by atoms with E-state index in [0.29, 0.717) is 0 Å². The summed E-state index contributed by atoms with van der Waals surface area (Å²) in [4.78, 5) is 0. The average molecular weight is 329 g/mol. The van der Waals surface area contributed by atoms with Crippen LogP contribution >= 0.6 is 0 Å². The van der Waals surface area contributed by atoms with E-state index in [0.717, 1.165) is 0 Å². The molecule has 0 aliphatic heterocycles. The van der Waals surface area contributed by atoms with Crippen LogP contribution in [0.4, 0.5) is 39.5 Å². The second-order valence-electron chi connectivity index (χ2n) is 3.17. The van der Waals surface area contributed by atoms with Gasteiger partial charge in [-0.15, -0.1) is 39.5 Å². The average Bonchev–Trinajstić information content (AvgIpc) is 2.15. The minimum atomic E-state index is -5.46. The highest BCUT2D eigenvalue weighted by Crippen LogP contribution is 2.38. The van der Waals surface area contributed by atoms with Gasteiger partial charge in [0.2, 0.25) is 0 Å². The van der Waals surface area contributed by atoms with Crippen molar-refractivity contribution in [3.05, 3.63) is 18.2 Å². The van der Waals surface area contributed by atoms with E-state index in [9.17, 15) is 39.5 Å². The predicted molar refractivity (Wildman–Crippen MR) is 45.3 cm³/mol. The molecule has 1 radical (unpaired) electrons. The van der Waals surface area contributed by atoms with Crippen molar-refractivity contribution in [3.8, 4) is 17.2 Å². The van der Waals surface area contributed by atoms with Crippen LogP contribution in [0.15, 0.2) is 12.1 Å². The van der Waals surface area contributed by atoms with Gasteiger partial charge in [0.05, 0.1) is 0 Å². The quantitative estimate of drug-likeness (QED) is 0.779. The standard InChI is InChI=1S/C9H2F9O3/c10-7(11,12)19-4-1-2-5(20-8(13,14)15)6(3-4)21-9(16,17)18/h2-3H. The molecule has 119 valence electrons. The third-order valence-electron chi connectivity index (χ3n) is 1.53. The molecule has 1 rings (SSSR count). The molecule has 0 atom stereocenters. The summed E-state index contributed by atoms with van der Waals surface area (Å²) in [6.07, 6.45) is -16.1. The van der Waals surface area contributed by atoms with Gasteiger partial charge in [-0.3, -0.25) is 0 Å². The van der Waals surface area contributed by atoms with Gasteiger partial charge in [0.15, 0.2) is 11.5 Å². The van der Waals surface area contributed by atoms with Gasteiger partial charge in [0, 0.05) is 12.1 Å². The molecule has 0 saturated carbocycles. The molecule has 1 aromatic carbocycles. The molecular weight excluding hydrogens is 327 g/mol. The number of hydrogen-bond acceptors (Lipinski definition) is 3. The van der Waals surface area contributed by atoms with Crippen molar-refractivity contribution in [1.29, 1.82) is 0 Å². The lowest BCUT2D eigenvalue weighted by molar-refractivity contribution is -0.287. The second-order valence-corrected chi connectivity index (χ2v) is 3.17. The number of alkyl halides is 9. The Morgan fingerprint density at radius 1 is 0.667 bits per heavy atom. The minimum absolute atomic E-state index is 0.0651. The molecule has 0 bridgehead atoms. The topological polar surface area (TPSA) is 27.7 Å². The summed E-state index contributed by atoms with van der Waals surface area (Å²) in [7, 11) is 0. The van der Waals surface area contributed by atoms with E-state index in [1.807, 2.05) is 0 Å². The molecule has 0 spiro atoms. The minimum Gasteiger partial charge on any atom is -0.405 e. The fourth-order valence-electron chi connectivity index (χ4n) is 1.03.